The van der Waals surface area contributed by atoms with Gasteiger partial charge in [0.1, 0.15) is 5.82 Å². The van der Waals surface area contributed by atoms with Gasteiger partial charge in [-0.2, -0.15) is 4.98 Å². The fraction of sp³-hybridized carbons (Fsp3) is 0.643. The molecule has 5 nitrogen and oxygen atoms in total. The summed E-state index contributed by atoms with van der Waals surface area (Å²) in [5.74, 6) is 1.40. The molecule has 1 aromatic heterocycles. The largest absolute Gasteiger partial charge is 0.473 e. The normalized spacial score (nSPS) is 18.7. The van der Waals surface area contributed by atoms with Gasteiger partial charge in [0.05, 0.1) is 30.5 Å². The molecule has 19 heavy (non-hydrogen) atoms. The third-order valence-corrected chi connectivity index (χ3v) is 3.14. The quantitative estimate of drug-likeness (QED) is 0.906. The van der Waals surface area contributed by atoms with Crippen LogP contribution in [0, 0.1) is 0 Å². The van der Waals surface area contributed by atoms with Gasteiger partial charge < -0.3 is 20.1 Å². The second-order valence-corrected chi connectivity index (χ2v) is 5.75. The molecule has 2 heterocycles. The Hall–Kier alpha value is -1.49. The Morgan fingerprint density at radius 2 is 2.16 bits per heavy atom. The Balaban J connectivity index is 2.29. The van der Waals surface area contributed by atoms with Crippen molar-refractivity contribution >= 4 is 11.5 Å². The third-order valence-electron chi connectivity index (χ3n) is 3.14. The first kappa shape index (κ1) is 13.9. The fourth-order valence-corrected chi connectivity index (χ4v) is 2.19. The van der Waals surface area contributed by atoms with E-state index in [1.807, 2.05) is 26.0 Å². The smallest absolute Gasteiger partial charge is 0.239 e. The lowest BCUT2D eigenvalue weighted by molar-refractivity contribution is 0.0638. The van der Waals surface area contributed by atoms with Gasteiger partial charge in [0, 0.05) is 6.54 Å². The molecule has 0 saturated carbocycles. The van der Waals surface area contributed by atoms with Gasteiger partial charge in [0.15, 0.2) is 0 Å². The molecule has 0 aliphatic carbocycles. The number of pyridine rings is 1. The molecule has 106 valence electrons. The predicted molar refractivity (Wildman–Crippen MR) is 76.7 cm³/mol. The summed E-state index contributed by atoms with van der Waals surface area (Å²) in [6.07, 6.45) is 0.0581. The molecule has 1 aromatic rings. The van der Waals surface area contributed by atoms with Gasteiger partial charge in [-0.1, -0.05) is 0 Å². The Kier molecular flexibility index (Phi) is 3.85. The Labute approximate surface area is 114 Å². The van der Waals surface area contributed by atoms with Crippen molar-refractivity contribution in [1.82, 2.24) is 4.98 Å². The standard InChI is InChI=1S/C14H23N3O2/c1-10(2)19-13-11(15)5-6-12(16-13)17-7-8-18-9-14(17,3)4/h5-6,10H,7-9,15H2,1-4H3. The van der Waals surface area contributed by atoms with Crippen LogP contribution in [0.25, 0.3) is 0 Å². The zero-order chi connectivity index (χ0) is 14.0. The fourth-order valence-electron chi connectivity index (χ4n) is 2.19. The molecule has 0 aromatic carbocycles. The van der Waals surface area contributed by atoms with Crippen molar-refractivity contribution in [3.8, 4) is 5.88 Å². The maximum atomic E-state index is 5.90. The topological polar surface area (TPSA) is 60.6 Å². The van der Waals surface area contributed by atoms with E-state index in [1.165, 1.54) is 0 Å². The highest BCUT2D eigenvalue weighted by atomic mass is 16.5. The van der Waals surface area contributed by atoms with Crippen molar-refractivity contribution in [3.05, 3.63) is 12.1 Å². The molecule has 0 atom stereocenters. The van der Waals surface area contributed by atoms with E-state index in [4.69, 9.17) is 15.2 Å². The summed E-state index contributed by atoms with van der Waals surface area (Å²) < 4.78 is 11.2. The van der Waals surface area contributed by atoms with Gasteiger partial charge in [0.25, 0.3) is 0 Å². The number of anilines is 2. The van der Waals surface area contributed by atoms with Gasteiger partial charge >= 0.3 is 0 Å². The lowest BCUT2D eigenvalue weighted by Crippen LogP contribution is -2.53. The van der Waals surface area contributed by atoms with Gasteiger partial charge in [-0.3, -0.25) is 0 Å². The monoisotopic (exact) mass is 265 g/mol. The van der Waals surface area contributed by atoms with Crippen LogP contribution in [0.3, 0.4) is 0 Å². The third kappa shape index (κ3) is 3.10. The minimum atomic E-state index is -0.0730. The molecule has 2 N–H and O–H groups in total. The van der Waals surface area contributed by atoms with E-state index in [0.717, 1.165) is 19.0 Å². The summed E-state index contributed by atoms with van der Waals surface area (Å²) in [5, 5.41) is 0. The summed E-state index contributed by atoms with van der Waals surface area (Å²) in [6.45, 7) is 10.5. The Morgan fingerprint density at radius 3 is 2.79 bits per heavy atom. The van der Waals surface area contributed by atoms with Gasteiger partial charge in [-0.05, 0) is 39.8 Å². The van der Waals surface area contributed by atoms with Crippen molar-refractivity contribution in [3.63, 3.8) is 0 Å². The summed E-state index contributed by atoms with van der Waals surface area (Å²) in [6, 6.07) is 3.79. The molecular formula is C14H23N3O2. The average Bonchev–Trinajstić information content (AvgIpc) is 2.31. The molecule has 0 spiro atoms. The zero-order valence-corrected chi connectivity index (χ0v) is 12.1. The Morgan fingerprint density at radius 1 is 1.42 bits per heavy atom. The first-order valence-electron chi connectivity index (χ1n) is 6.69. The van der Waals surface area contributed by atoms with Crippen LogP contribution in [0.1, 0.15) is 27.7 Å². The highest BCUT2D eigenvalue weighted by Gasteiger charge is 2.31. The van der Waals surface area contributed by atoms with Crippen molar-refractivity contribution in [1.29, 1.82) is 0 Å². The lowest BCUT2D eigenvalue weighted by Gasteiger charge is -2.43. The molecule has 1 aliphatic rings. The van der Waals surface area contributed by atoms with Crippen LogP contribution in [-0.4, -0.2) is 36.4 Å². The summed E-state index contributed by atoms with van der Waals surface area (Å²) in [4.78, 5) is 6.79. The highest BCUT2D eigenvalue weighted by molar-refractivity contribution is 5.55. The van der Waals surface area contributed by atoms with E-state index < -0.39 is 0 Å². The van der Waals surface area contributed by atoms with E-state index in [9.17, 15) is 0 Å². The molecule has 0 radical (unpaired) electrons. The maximum Gasteiger partial charge on any atom is 0.239 e. The van der Waals surface area contributed by atoms with Crippen LogP contribution in [0.2, 0.25) is 0 Å². The summed E-state index contributed by atoms with van der Waals surface area (Å²) in [7, 11) is 0. The van der Waals surface area contributed by atoms with Crippen LogP contribution in [0.5, 0.6) is 5.88 Å². The predicted octanol–water partition coefficient (Wildman–Crippen LogP) is 2.07. The van der Waals surface area contributed by atoms with Crippen LogP contribution in [-0.2, 0) is 4.74 Å². The van der Waals surface area contributed by atoms with Crippen molar-refractivity contribution in [2.75, 3.05) is 30.4 Å². The number of hydrogen-bond acceptors (Lipinski definition) is 5. The number of nitrogens with zero attached hydrogens (tertiary/aromatic N) is 2. The van der Waals surface area contributed by atoms with Crippen molar-refractivity contribution < 1.29 is 9.47 Å². The molecule has 2 rings (SSSR count). The van der Waals surface area contributed by atoms with E-state index >= 15 is 0 Å². The molecule has 5 heteroatoms. The van der Waals surface area contributed by atoms with Crippen LogP contribution in [0.15, 0.2) is 12.1 Å². The van der Waals surface area contributed by atoms with Gasteiger partial charge in [0.2, 0.25) is 5.88 Å². The lowest BCUT2D eigenvalue weighted by atomic mass is 10.0. The first-order chi connectivity index (χ1) is 8.90. The highest BCUT2D eigenvalue weighted by Crippen LogP contribution is 2.29. The van der Waals surface area contributed by atoms with Crippen molar-refractivity contribution in [2.45, 2.75) is 39.3 Å². The molecule has 0 bridgehead atoms. The van der Waals surface area contributed by atoms with E-state index in [1.54, 1.807) is 0 Å². The van der Waals surface area contributed by atoms with Gasteiger partial charge in [-0.15, -0.1) is 0 Å². The van der Waals surface area contributed by atoms with Crippen molar-refractivity contribution in [2.24, 2.45) is 0 Å². The van der Waals surface area contributed by atoms with Crippen LogP contribution < -0.4 is 15.4 Å². The van der Waals surface area contributed by atoms with E-state index in [0.29, 0.717) is 18.2 Å². The van der Waals surface area contributed by atoms with Crippen LogP contribution >= 0.6 is 0 Å². The van der Waals surface area contributed by atoms with Crippen LogP contribution in [0.4, 0.5) is 11.5 Å². The SMILES string of the molecule is CC(C)Oc1nc(N2CCOCC2(C)C)ccc1N. The summed E-state index contributed by atoms with van der Waals surface area (Å²) in [5.41, 5.74) is 6.40. The number of nitrogens with two attached hydrogens (primary N) is 1. The molecular weight excluding hydrogens is 242 g/mol. The second kappa shape index (κ2) is 5.25. The number of nitrogen functional groups attached to an aromatic ring is 1. The number of hydrogen-bond donors (Lipinski definition) is 1. The van der Waals surface area contributed by atoms with Gasteiger partial charge in [-0.25, -0.2) is 0 Å². The molecule has 1 saturated heterocycles. The average molecular weight is 265 g/mol. The Bertz CT molecular complexity index is 446. The maximum absolute atomic E-state index is 5.90. The number of ether oxygens (including phenoxy) is 2. The molecule has 1 fully saturated rings. The first-order valence-corrected chi connectivity index (χ1v) is 6.69. The number of rotatable bonds is 3. The molecule has 0 unspecified atom stereocenters. The zero-order valence-electron chi connectivity index (χ0n) is 12.1. The van der Waals surface area contributed by atoms with E-state index in [2.05, 4.69) is 23.7 Å². The van der Waals surface area contributed by atoms with E-state index in [-0.39, 0.29) is 11.6 Å². The molecule has 1 aliphatic heterocycles. The number of morpholine rings is 1. The number of aromatic nitrogens is 1. The second-order valence-electron chi connectivity index (χ2n) is 5.75. The minimum Gasteiger partial charge on any atom is -0.473 e. The minimum absolute atomic E-state index is 0.0581. The summed E-state index contributed by atoms with van der Waals surface area (Å²) >= 11 is 0. The molecule has 0 amide bonds.